The number of hydrogen-bond acceptors (Lipinski definition) is 3. The third-order valence-corrected chi connectivity index (χ3v) is 1.62. The number of hydrogen-bond donors (Lipinski definition) is 0. The lowest BCUT2D eigenvalue weighted by Crippen LogP contribution is -1.89. The number of ketones is 1. The Balaban J connectivity index is 0.000000461. The zero-order valence-corrected chi connectivity index (χ0v) is 8.56. The number of imidazole rings is 1. The van der Waals surface area contributed by atoms with Gasteiger partial charge in [-0.25, -0.2) is 4.98 Å². The highest BCUT2D eigenvalue weighted by molar-refractivity contribution is 5.92. The first-order valence-corrected chi connectivity index (χ1v) is 4.57. The van der Waals surface area contributed by atoms with Gasteiger partial charge in [0.05, 0.1) is 6.20 Å². The molecule has 0 saturated heterocycles. The summed E-state index contributed by atoms with van der Waals surface area (Å²) >= 11 is 0. The van der Waals surface area contributed by atoms with E-state index in [1.165, 1.54) is 6.92 Å². The fourth-order valence-electron chi connectivity index (χ4n) is 1.01. The molecule has 0 spiro atoms. The predicted octanol–water partition coefficient (Wildman–Crippen LogP) is 1.96. The summed E-state index contributed by atoms with van der Waals surface area (Å²) in [6.45, 7) is 5.50. The number of rotatable bonds is 1. The van der Waals surface area contributed by atoms with Gasteiger partial charge >= 0.3 is 0 Å². The van der Waals surface area contributed by atoms with Crippen LogP contribution in [-0.4, -0.2) is 20.2 Å². The normalized spacial score (nSPS) is 9.36. The largest absolute Gasteiger partial charge is 0.304 e. The molecule has 2 aromatic heterocycles. The van der Waals surface area contributed by atoms with E-state index >= 15 is 0 Å². The maximum Gasteiger partial charge on any atom is 0.179 e. The van der Waals surface area contributed by atoms with Crippen LogP contribution in [0.5, 0.6) is 0 Å². The van der Waals surface area contributed by atoms with Gasteiger partial charge in [-0.2, -0.15) is 0 Å². The molecule has 0 amide bonds. The Hall–Kier alpha value is -1.71. The number of carbonyl (C=O) groups excluding carboxylic acids is 1. The Bertz CT molecular complexity index is 401. The molecule has 0 radical (unpaired) electrons. The van der Waals surface area contributed by atoms with Crippen LogP contribution in [-0.2, 0) is 0 Å². The van der Waals surface area contributed by atoms with Crippen molar-refractivity contribution in [2.24, 2.45) is 0 Å². The van der Waals surface area contributed by atoms with Crippen LogP contribution in [0.2, 0.25) is 0 Å². The van der Waals surface area contributed by atoms with Gasteiger partial charge in [0.1, 0.15) is 5.69 Å². The average Bonchev–Trinajstić information content (AvgIpc) is 2.64. The lowest BCUT2D eigenvalue weighted by molar-refractivity contribution is 0.101. The van der Waals surface area contributed by atoms with Crippen LogP contribution in [0.15, 0.2) is 24.8 Å². The second-order valence-electron chi connectivity index (χ2n) is 2.52. The van der Waals surface area contributed by atoms with Crippen LogP contribution in [0.3, 0.4) is 0 Å². The van der Waals surface area contributed by atoms with Crippen molar-refractivity contribution in [3.05, 3.63) is 30.5 Å². The van der Waals surface area contributed by atoms with Crippen molar-refractivity contribution in [2.75, 3.05) is 0 Å². The number of nitrogens with zero attached hydrogens (tertiary/aromatic N) is 3. The van der Waals surface area contributed by atoms with E-state index in [0.29, 0.717) is 11.3 Å². The molecular formula is C10H13N3O. The molecule has 4 nitrogen and oxygen atoms in total. The standard InChI is InChI=1S/C8H7N3O.C2H6/c1-6(12)7-5-11-3-2-9-4-8(11)10-7;1-2/h2-5H,1H3;1-2H3. The summed E-state index contributed by atoms with van der Waals surface area (Å²) in [5.74, 6) is -0.0290. The SMILES string of the molecule is CC.CC(=O)c1cn2ccncc2n1. The van der Waals surface area contributed by atoms with Crippen molar-refractivity contribution >= 4 is 11.4 Å². The Labute approximate surface area is 82.6 Å². The minimum Gasteiger partial charge on any atom is -0.304 e. The van der Waals surface area contributed by atoms with Crippen molar-refractivity contribution in [2.45, 2.75) is 20.8 Å². The van der Waals surface area contributed by atoms with E-state index in [1.807, 2.05) is 13.8 Å². The molecule has 0 N–H and O–H groups in total. The van der Waals surface area contributed by atoms with Gasteiger partial charge in [0, 0.05) is 25.5 Å². The Morgan fingerprint density at radius 3 is 2.71 bits per heavy atom. The molecule has 0 bridgehead atoms. The highest BCUT2D eigenvalue weighted by Crippen LogP contribution is 2.02. The third-order valence-electron chi connectivity index (χ3n) is 1.62. The van der Waals surface area contributed by atoms with Gasteiger partial charge < -0.3 is 4.40 Å². The first-order valence-electron chi connectivity index (χ1n) is 4.57. The second kappa shape index (κ2) is 4.50. The van der Waals surface area contributed by atoms with Gasteiger partial charge in [-0.05, 0) is 0 Å². The molecule has 0 unspecified atom stereocenters. The van der Waals surface area contributed by atoms with Crippen molar-refractivity contribution in [1.29, 1.82) is 0 Å². The summed E-state index contributed by atoms with van der Waals surface area (Å²) in [4.78, 5) is 18.9. The Morgan fingerprint density at radius 2 is 2.14 bits per heavy atom. The zero-order valence-electron chi connectivity index (χ0n) is 8.56. The molecule has 0 aliphatic heterocycles. The van der Waals surface area contributed by atoms with Crippen molar-refractivity contribution in [1.82, 2.24) is 14.4 Å². The molecule has 0 fully saturated rings. The first-order chi connectivity index (χ1) is 6.77. The molecule has 74 valence electrons. The summed E-state index contributed by atoms with van der Waals surface area (Å²) in [6.07, 6.45) is 6.72. The van der Waals surface area contributed by atoms with Crippen LogP contribution in [0.4, 0.5) is 0 Å². The molecule has 0 aliphatic rings. The van der Waals surface area contributed by atoms with Gasteiger partial charge in [-0.1, -0.05) is 13.8 Å². The van der Waals surface area contributed by atoms with E-state index in [2.05, 4.69) is 9.97 Å². The van der Waals surface area contributed by atoms with Gasteiger partial charge in [0.15, 0.2) is 11.4 Å². The number of aromatic nitrogens is 3. The highest BCUT2D eigenvalue weighted by atomic mass is 16.1. The summed E-state index contributed by atoms with van der Waals surface area (Å²) in [5, 5.41) is 0. The van der Waals surface area contributed by atoms with Crippen molar-refractivity contribution in [3.63, 3.8) is 0 Å². The number of carbonyl (C=O) groups is 1. The van der Waals surface area contributed by atoms with Gasteiger partial charge in [0.25, 0.3) is 0 Å². The zero-order chi connectivity index (χ0) is 10.6. The second-order valence-corrected chi connectivity index (χ2v) is 2.52. The fourth-order valence-corrected chi connectivity index (χ4v) is 1.01. The average molecular weight is 191 g/mol. The smallest absolute Gasteiger partial charge is 0.179 e. The van der Waals surface area contributed by atoms with E-state index < -0.39 is 0 Å². The fraction of sp³-hybridized carbons (Fsp3) is 0.300. The van der Waals surface area contributed by atoms with E-state index in [9.17, 15) is 4.79 Å². The molecule has 2 rings (SSSR count). The lowest BCUT2D eigenvalue weighted by Gasteiger charge is -1.85. The van der Waals surface area contributed by atoms with Crippen LogP contribution in [0.25, 0.3) is 5.65 Å². The van der Waals surface area contributed by atoms with E-state index in [1.54, 1.807) is 29.2 Å². The third kappa shape index (κ3) is 1.96. The number of Topliss-reactive ketones (excluding diaryl/α,β-unsaturated/α-hetero) is 1. The molecular weight excluding hydrogens is 178 g/mol. The molecule has 0 aromatic carbocycles. The maximum atomic E-state index is 10.9. The van der Waals surface area contributed by atoms with Crippen LogP contribution in [0, 0.1) is 0 Å². The summed E-state index contributed by atoms with van der Waals surface area (Å²) < 4.78 is 1.77. The van der Waals surface area contributed by atoms with Crippen LogP contribution in [0.1, 0.15) is 31.3 Å². The van der Waals surface area contributed by atoms with Gasteiger partial charge in [-0.3, -0.25) is 9.78 Å². The van der Waals surface area contributed by atoms with Crippen molar-refractivity contribution in [3.8, 4) is 0 Å². The molecule has 0 saturated carbocycles. The molecule has 4 heteroatoms. The Morgan fingerprint density at radius 1 is 1.43 bits per heavy atom. The van der Waals surface area contributed by atoms with Gasteiger partial charge in [-0.15, -0.1) is 0 Å². The van der Waals surface area contributed by atoms with E-state index in [0.717, 1.165) is 0 Å². The molecule has 2 heterocycles. The molecule has 0 atom stereocenters. The highest BCUT2D eigenvalue weighted by Gasteiger charge is 2.04. The minimum atomic E-state index is -0.0290. The maximum absolute atomic E-state index is 10.9. The Kier molecular flexibility index (Phi) is 3.34. The molecule has 14 heavy (non-hydrogen) atoms. The quantitative estimate of drug-likeness (QED) is 0.647. The first kappa shape index (κ1) is 10.4. The predicted molar refractivity (Wildman–Crippen MR) is 54.3 cm³/mol. The number of fused-ring (bicyclic) bond motifs is 1. The van der Waals surface area contributed by atoms with Crippen molar-refractivity contribution < 1.29 is 4.79 Å². The minimum absolute atomic E-state index is 0.0290. The molecule has 0 aliphatic carbocycles. The van der Waals surface area contributed by atoms with E-state index in [-0.39, 0.29) is 5.78 Å². The van der Waals surface area contributed by atoms with E-state index in [4.69, 9.17) is 0 Å². The monoisotopic (exact) mass is 191 g/mol. The van der Waals surface area contributed by atoms with Gasteiger partial charge in [0.2, 0.25) is 0 Å². The summed E-state index contributed by atoms with van der Waals surface area (Å²) in [7, 11) is 0. The van der Waals surface area contributed by atoms with Crippen LogP contribution < -0.4 is 0 Å². The molecule has 2 aromatic rings. The summed E-state index contributed by atoms with van der Waals surface area (Å²) in [5.41, 5.74) is 1.17. The summed E-state index contributed by atoms with van der Waals surface area (Å²) in [6, 6.07) is 0. The topological polar surface area (TPSA) is 47.3 Å². The van der Waals surface area contributed by atoms with Crippen LogP contribution >= 0.6 is 0 Å². The lowest BCUT2D eigenvalue weighted by atomic mass is 10.3.